The maximum Gasteiger partial charge on any atom is 0.328 e. The largest absolute Gasteiger partial charge is 0.478 e. The molecule has 7 heteroatoms. The molecule has 2 aromatic heterocycles. The number of hydrogen-bond acceptors (Lipinski definition) is 4. The first kappa shape index (κ1) is 23.0. The topological polar surface area (TPSA) is 100 Å². The number of carbonyl (C=O) groups is 1. The molecule has 2 heterocycles. The summed E-state index contributed by atoms with van der Waals surface area (Å²) in [5, 5.41) is 13.6. The molecule has 0 radical (unpaired) electrons. The van der Waals surface area contributed by atoms with Crippen molar-refractivity contribution < 1.29 is 9.90 Å². The fraction of sp³-hybridized carbons (Fsp3) is 0.462. The van der Waals surface area contributed by atoms with Crippen LogP contribution in [0.3, 0.4) is 0 Å². The lowest BCUT2D eigenvalue weighted by Gasteiger charge is -2.36. The minimum absolute atomic E-state index is 0.186. The number of carboxylic acids is 1. The van der Waals surface area contributed by atoms with Gasteiger partial charge in [-0.2, -0.15) is 0 Å². The lowest BCUT2D eigenvalue weighted by Crippen LogP contribution is -2.26. The third-order valence-electron chi connectivity index (χ3n) is 6.85. The van der Waals surface area contributed by atoms with Gasteiger partial charge in [-0.1, -0.05) is 52.0 Å². The highest BCUT2D eigenvalue weighted by Gasteiger charge is 2.32. The second-order valence-electron chi connectivity index (χ2n) is 10.0. The summed E-state index contributed by atoms with van der Waals surface area (Å²) in [6, 6.07) is 7.27. The Bertz CT molecular complexity index is 1240. The summed E-state index contributed by atoms with van der Waals surface area (Å²) >= 11 is 0. The van der Waals surface area contributed by atoms with Crippen molar-refractivity contribution in [1.29, 1.82) is 0 Å². The Hall–Kier alpha value is -3.22. The van der Waals surface area contributed by atoms with Crippen LogP contribution in [-0.4, -0.2) is 30.7 Å². The number of fused-ring (bicyclic) bond motifs is 1. The van der Waals surface area contributed by atoms with E-state index in [0.717, 1.165) is 54.4 Å². The van der Waals surface area contributed by atoms with Gasteiger partial charge in [-0.25, -0.2) is 14.3 Å². The lowest BCUT2D eigenvalue weighted by molar-refractivity contribution is -0.131. The van der Waals surface area contributed by atoms with Crippen LogP contribution in [-0.2, 0) is 11.2 Å². The van der Waals surface area contributed by atoms with Crippen LogP contribution in [0.5, 0.6) is 0 Å². The fourth-order valence-corrected chi connectivity index (χ4v) is 4.87. The van der Waals surface area contributed by atoms with E-state index in [1.807, 2.05) is 19.1 Å². The number of carboxylic acid groups (broad SMARTS) is 1. The average molecular weight is 449 g/mol. The van der Waals surface area contributed by atoms with Crippen molar-refractivity contribution in [1.82, 2.24) is 19.6 Å². The molecule has 0 aliphatic heterocycles. The SMILES string of the molecule is CCc1nc(C2CCC(C(C)(C)C)CC2)n2nc(-c3ccc(C=CC(=O)O)cc3)[nH]c(=O)c12. The summed E-state index contributed by atoms with van der Waals surface area (Å²) in [7, 11) is 0. The summed E-state index contributed by atoms with van der Waals surface area (Å²) in [6.45, 7) is 8.95. The maximum absolute atomic E-state index is 13.0. The van der Waals surface area contributed by atoms with E-state index >= 15 is 0 Å². The van der Waals surface area contributed by atoms with Gasteiger partial charge in [0.25, 0.3) is 5.56 Å². The van der Waals surface area contributed by atoms with Gasteiger partial charge in [0.2, 0.25) is 0 Å². The van der Waals surface area contributed by atoms with Crippen molar-refractivity contribution in [3.05, 3.63) is 57.8 Å². The molecule has 1 fully saturated rings. The average Bonchev–Trinajstić information content (AvgIpc) is 3.17. The van der Waals surface area contributed by atoms with Crippen LogP contribution in [0.25, 0.3) is 23.0 Å². The van der Waals surface area contributed by atoms with Gasteiger partial charge in [0, 0.05) is 17.6 Å². The predicted octanol–water partition coefficient (Wildman–Crippen LogP) is 5.06. The number of nitrogens with one attached hydrogen (secondary N) is 1. The third kappa shape index (κ3) is 4.77. The van der Waals surface area contributed by atoms with Crippen LogP contribution in [0.4, 0.5) is 0 Å². The molecule has 0 atom stereocenters. The van der Waals surface area contributed by atoms with Crippen LogP contribution in [0.15, 0.2) is 35.1 Å². The molecule has 1 aromatic carbocycles. The van der Waals surface area contributed by atoms with E-state index in [-0.39, 0.29) is 5.56 Å². The number of aromatic nitrogens is 4. The van der Waals surface area contributed by atoms with Gasteiger partial charge >= 0.3 is 5.97 Å². The molecule has 0 spiro atoms. The number of aryl methyl sites for hydroxylation is 1. The highest BCUT2D eigenvalue weighted by atomic mass is 16.4. The second kappa shape index (κ2) is 8.96. The first-order chi connectivity index (χ1) is 15.7. The van der Waals surface area contributed by atoms with Crippen molar-refractivity contribution in [3.63, 3.8) is 0 Å². The molecule has 1 aliphatic carbocycles. The van der Waals surface area contributed by atoms with Crippen molar-refractivity contribution in [2.45, 2.75) is 65.7 Å². The highest BCUT2D eigenvalue weighted by Crippen LogP contribution is 2.43. The molecular weight excluding hydrogens is 416 g/mol. The van der Waals surface area contributed by atoms with Gasteiger partial charge in [0.05, 0.1) is 5.69 Å². The monoisotopic (exact) mass is 448 g/mol. The standard InChI is InChI=1S/C26H32N4O3/c1-5-20-22-25(33)28-23(17-9-6-16(7-10-17)8-15-21(31)32)29-30(22)24(27-20)18-11-13-19(14-12-18)26(2,3)4/h6-10,15,18-19H,5,11-14H2,1-4H3,(H,31,32)(H,28,29,33). The maximum atomic E-state index is 13.0. The fourth-order valence-electron chi connectivity index (χ4n) is 4.87. The third-order valence-corrected chi connectivity index (χ3v) is 6.85. The molecule has 0 amide bonds. The number of rotatable bonds is 5. The van der Waals surface area contributed by atoms with E-state index in [2.05, 4.69) is 25.8 Å². The number of H-pyrrole nitrogens is 1. The molecule has 3 aromatic rings. The first-order valence-electron chi connectivity index (χ1n) is 11.7. The Morgan fingerprint density at radius 2 is 1.85 bits per heavy atom. The molecule has 4 rings (SSSR count). The molecule has 1 aliphatic rings. The Balaban J connectivity index is 1.70. The summed E-state index contributed by atoms with van der Waals surface area (Å²) in [5.41, 5.74) is 2.97. The van der Waals surface area contributed by atoms with Crippen LogP contribution >= 0.6 is 0 Å². The minimum atomic E-state index is -0.994. The highest BCUT2D eigenvalue weighted by molar-refractivity contribution is 5.85. The Kier molecular flexibility index (Phi) is 6.23. The summed E-state index contributed by atoms with van der Waals surface area (Å²) in [6.07, 6.45) is 7.73. The second-order valence-corrected chi connectivity index (χ2v) is 10.0. The van der Waals surface area contributed by atoms with Gasteiger partial charge in [-0.3, -0.25) is 4.79 Å². The van der Waals surface area contributed by atoms with E-state index in [0.29, 0.717) is 35.0 Å². The van der Waals surface area contributed by atoms with Gasteiger partial charge in [-0.05, 0) is 55.1 Å². The Morgan fingerprint density at radius 3 is 2.42 bits per heavy atom. The van der Waals surface area contributed by atoms with E-state index in [1.165, 1.54) is 6.08 Å². The smallest absolute Gasteiger partial charge is 0.328 e. The number of aromatic amines is 1. The van der Waals surface area contributed by atoms with Crippen molar-refractivity contribution in [2.24, 2.45) is 11.3 Å². The Morgan fingerprint density at radius 1 is 1.18 bits per heavy atom. The summed E-state index contributed by atoms with van der Waals surface area (Å²) < 4.78 is 1.77. The van der Waals surface area contributed by atoms with Gasteiger partial charge in [0.1, 0.15) is 5.82 Å². The minimum Gasteiger partial charge on any atom is -0.478 e. The van der Waals surface area contributed by atoms with Crippen molar-refractivity contribution in [2.75, 3.05) is 0 Å². The number of imidazole rings is 1. The molecule has 0 bridgehead atoms. The van der Waals surface area contributed by atoms with E-state index in [1.54, 1.807) is 16.6 Å². The van der Waals surface area contributed by atoms with Crippen LogP contribution in [0.1, 0.15) is 76.4 Å². The quantitative estimate of drug-likeness (QED) is 0.531. The summed E-state index contributed by atoms with van der Waals surface area (Å²) in [5.74, 6) is 1.37. The molecular formula is C26H32N4O3. The molecule has 0 unspecified atom stereocenters. The van der Waals surface area contributed by atoms with E-state index in [9.17, 15) is 9.59 Å². The number of nitrogens with zero attached hydrogens (tertiary/aromatic N) is 3. The normalized spacial score (nSPS) is 19.4. The Labute approximate surface area is 193 Å². The van der Waals surface area contributed by atoms with Crippen LogP contribution in [0.2, 0.25) is 0 Å². The predicted molar refractivity (Wildman–Crippen MR) is 129 cm³/mol. The zero-order valence-corrected chi connectivity index (χ0v) is 19.8. The number of aliphatic carboxylic acids is 1. The van der Waals surface area contributed by atoms with Gasteiger partial charge in [-0.15, -0.1) is 5.10 Å². The van der Waals surface area contributed by atoms with E-state index < -0.39 is 5.97 Å². The van der Waals surface area contributed by atoms with Gasteiger partial charge < -0.3 is 10.1 Å². The lowest BCUT2D eigenvalue weighted by atomic mass is 9.70. The summed E-state index contributed by atoms with van der Waals surface area (Å²) in [4.78, 5) is 31.6. The molecule has 1 saturated carbocycles. The molecule has 0 saturated heterocycles. The molecule has 33 heavy (non-hydrogen) atoms. The first-order valence-corrected chi connectivity index (χ1v) is 11.7. The van der Waals surface area contributed by atoms with Crippen molar-refractivity contribution >= 4 is 17.6 Å². The number of benzene rings is 1. The zero-order valence-electron chi connectivity index (χ0n) is 19.8. The number of hydrogen-bond donors (Lipinski definition) is 2. The molecule has 174 valence electrons. The van der Waals surface area contributed by atoms with Crippen molar-refractivity contribution in [3.8, 4) is 11.4 Å². The molecule has 2 N–H and O–H groups in total. The van der Waals surface area contributed by atoms with Crippen LogP contribution in [0, 0.1) is 11.3 Å². The zero-order chi connectivity index (χ0) is 23.8. The van der Waals surface area contributed by atoms with Crippen LogP contribution < -0.4 is 5.56 Å². The molecule has 7 nitrogen and oxygen atoms in total. The van der Waals surface area contributed by atoms with E-state index in [4.69, 9.17) is 15.2 Å². The van der Waals surface area contributed by atoms with Gasteiger partial charge in [0.15, 0.2) is 11.3 Å².